The molecule has 0 bridgehead atoms. The van der Waals surface area contributed by atoms with Crippen LogP contribution in [0.4, 0.5) is 11.4 Å². The molecule has 1 amide bonds. The van der Waals surface area contributed by atoms with Gasteiger partial charge in [-0.05, 0) is 30.7 Å². The topological polar surface area (TPSA) is 50.4 Å². The van der Waals surface area contributed by atoms with Crippen LogP contribution in [-0.2, 0) is 9.53 Å². The minimum Gasteiger partial charge on any atom is -0.383 e. The Kier molecular flexibility index (Phi) is 6.22. The third-order valence-electron chi connectivity index (χ3n) is 2.72. The molecule has 4 heteroatoms. The van der Waals surface area contributed by atoms with Crippen molar-refractivity contribution >= 4 is 17.3 Å². The van der Waals surface area contributed by atoms with Gasteiger partial charge in [0, 0.05) is 30.9 Å². The zero-order valence-corrected chi connectivity index (χ0v) is 11.3. The molecule has 0 heterocycles. The van der Waals surface area contributed by atoms with Gasteiger partial charge in [-0.15, -0.1) is 0 Å². The Labute approximate surface area is 109 Å². The summed E-state index contributed by atoms with van der Waals surface area (Å²) in [5.74, 6) is 0.0292. The van der Waals surface area contributed by atoms with Gasteiger partial charge in [0.05, 0.1) is 6.61 Å². The van der Waals surface area contributed by atoms with E-state index in [-0.39, 0.29) is 5.91 Å². The van der Waals surface area contributed by atoms with Crippen LogP contribution in [0.25, 0.3) is 0 Å². The van der Waals surface area contributed by atoms with Gasteiger partial charge in [-0.25, -0.2) is 0 Å². The standard InChI is InChI=1S/C14H22N2O2/c1-4-11(10-18-3)15-12-6-8-13(9-7-12)16-14(17)5-2/h6-9,11,15H,4-5,10H2,1-3H3,(H,16,17). The molecule has 0 aliphatic carbocycles. The maximum absolute atomic E-state index is 11.2. The van der Waals surface area contributed by atoms with E-state index in [2.05, 4.69) is 17.6 Å². The highest BCUT2D eigenvalue weighted by Crippen LogP contribution is 2.15. The highest BCUT2D eigenvalue weighted by Gasteiger charge is 2.05. The first kappa shape index (κ1) is 14.5. The molecule has 0 saturated heterocycles. The molecular formula is C14H22N2O2. The second kappa shape index (κ2) is 7.71. The van der Waals surface area contributed by atoms with Gasteiger partial charge in [-0.1, -0.05) is 13.8 Å². The number of rotatable bonds is 7. The van der Waals surface area contributed by atoms with E-state index in [0.29, 0.717) is 19.1 Å². The van der Waals surface area contributed by atoms with E-state index in [4.69, 9.17) is 4.74 Å². The predicted molar refractivity (Wildman–Crippen MR) is 74.9 cm³/mol. The molecule has 0 aromatic heterocycles. The van der Waals surface area contributed by atoms with Gasteiger partial charge in [-0.2, -0.15) is 0 Å². The normalized spacial score (nSPS) is 11.9. The van der Waals surface area contributed by atoms with Gasteiger partial charge < -0.3 is 15.4 Å². The summed E-state index contributed by atoms with van der Waals surface area (Å²) in [6, 6.07) is 8.03. The molecule has 4 nitrogen and oxygen atoms in total. The molecule has 0 radical (unpaired) electrons. The molecule has 1 rings (SSSR count). The third-order valence-corrected chi connectivity index (χ3v) is 2.72. The molecule has 0 saturated carbocycles. The van der Waals surface area contributed by atoms with Crippen LogP contribution in [0, 0.1) is 0 Å². The summed E-state index contributed by atoms with van der Waals surface area (Å²) in [4.78, 5) is 11.2. The Hall–Kier alpha value is -1.55. The van der Waals surface area contributed by atoms with Gasteiger partial charge in [0.15, 0.2) is 0 Å². The number of hydrogen-bond donors (Lipinski definition) is 2. The van der Waals surface area contributed by atoms with Crippen LogP contribution in [0.15, 0.2) is 24.3 Å². The predicted octanol–water partition coefficient (Wildman–Crippen LogP) is 2.87. The zero-order chi connectivity index (χ0) is 13.4. The Morgan fingerprint density at radius 2 is 1.83 bits per heavy atom. The zero-order valence-electron chi connectivity index (χ0n) is 11.3. The number of methoxy groups -OCH3 is 1. The molecular weight excluding hydrogens is 228 g/mol. The molecule has 1 unspecified atom stereocenters. The summed E-state index contributed by atoms with van der Waals surface area (Å²) in [6.45, 7) is 4.64. The molecule has 0 spiro atoms. The van der Waals surface area contributed by atoms with Gasteiger partial charge in [0.1, 0.15) is 0 Å². The van der Waals surface area contributed by atoms with Crippen LogP contribution in [0.2, 0.25) is 0 Å². The molecule has 2 N–H and O–H groups in total. The summed E-state index contributed by atoms with van der Waals surface area (Å²) in [5, 5.41) is 6.21. The van der Waals surface area contributed by atoms with Crippen LogP contribution in [0.1, 0.15) is 26.7 Å². The van der Waals surface area contributed by atoms with Crippen LogP contribution < -0.4 is 10.6 Å². The third kappa shape index (κ3) is 4.75. The van der Waals surface area contributed by atoms with Crippen LogP contribution >= 0.6 is 0 Å². The fourth-order valence-corrected chi connectivity index (χ4v) is 1.60. The van der Waals surface area contributed by atoms with Crippen LogP contribution in [0.5, 0.6) is 0 Å². The number of carbonyl (C=O) groups excluding carboxylic acids is 1. The molecule has 1 atom stereocenters. The van der Waals surface area contributed by atoms with E-state index in [1.54, 1.807) is 7.11 Å². The van der Waals surface area contributed by atoms with Crippen molar-refractivity contribution in [1.29, 1.82) is 0 Å². The van der Waals surface area contributed by atoms with Crippen molar-refractivity contribution in [2.75, 3.05) is 24.4 Å². The van der Waals surface area contributed by atoms with E-state index in [0.717, 1.165) is 17.8 Å². The molecule has 1 aromatic rings. The number of hydrogen-bond acceptors (Lipinski definition) is 3. The highest BCUT2D eigenvalue weighted by molar-refractivity contribution is 5.90. The molecule has 100 valence electrons. The van der Waals surface area contributed by atoms with Crippen molar-refractivity contribution < 1.29 is 9.53 Å². The van der Waals surface area contributed by atoms with E-state index in [9.17, 15) is 4.79 Å². The Bertz CT molecular complexity index is 363. The quantitative estimate of drug-likeness (QED) is 0.782. The summed E-state index contributed by atoms with van der Waals surface area (Å²) in [7, 11) is 1.70. The van der Waals surface area contributed by atoms with Gasteiger partial charge in [0.25, 0.3) is 0 Å². The van der Waals surface area contributed by atoms with Gasteiger partial charge in [0.2, 0.25) is 5.91 Å². The second-order valence-electron chi connectivity index (χ2n) is 4.18. The fraction of sp³-hybridized carbons (Fsp3) is 0.500. The number of ether oxygens (including phenoxy) is 1. The highest BCUT2D eigenvalue weighted by atomic mass is 16.5. The van der Waals surface area contributed by atoms with Gasteiger partial charge >= 0.3 is 0 Å². The summed E-state index contributed by atoms with van der Waals surface area (Å²) < 4.78 is 5.14. The number of nitrogens with one attached hydrogen (secondary N) is 2. The lowest BCUT2D eigenvalue weighted by molar-refractivity contribution is -0.115. The first-order valence-electron chi connectivity index (χ1n) is 6.35. The maximum Gasteiger partial charge on any atom is 0.224 e. The number of amides is 1. The lowest BCUT2D eigenvalue weighted by atomic mass is 10.2. The molecule has 18 heavy (non-hydrogen) atoms. The molecule has 1 aromatic carbocycles. The first-order chi connectivity index (χ1) is 8.69. The average molecular weight is 250 g/mol. The van der Waals surface area contributed by atoms with Crippen molar-refractivity contribution in [3.8, 4) is 0 Å². The maximum atomic E-state index is 11.2. The lowest BCUT2D eigenvalue weighted by Crippen LogP contribution is -2.23. The smallest absolute Gasteiger partial charge is 0.224 e. The van der Waals surface area contributed by atoms with Crippen LogP contribution in [0.3, 0.4) is 0 Å². The average Bonchev–Trinajstić information content (AvgIpc) is 2.40. The number of anilines is 2. The minimum atomic E-state index is 0.0292. The van der Waals surface area contributed by atoms with Crippen molar-refractivity contribution in [3.63, 3.8) is 0 Å². The second-order valence-corrected chi connectivity index (χ2v) is 4.18. The lowest BCUT2D eigenvalue weighted by Gasteiger charge is -2.17. The Balaban J connectivity index is 2.56. The molecule has 0 fully saturated rings. The fourth-order valence-electron chi connectivity index (χ4n) is 1.60. The Morgan fingerprint density at radius 1 is 1.22 bits per heavy atom. The Morgan fingerprint density at radius 3 is 2.33 bits per heavy atom. The van der Waals surface area contributed by atoms with Gasteiger partial charge in [-0.3, -0.25) is 4.79 Å². The number of carbonyl (C=O) groups is 1. The summed E-state index contributed by atoms with van der Waals surface area (Å²) >= 11 is 0. The van der Waals surface area contributed by atoms with E-state index < -0.39 is 0 Å². The van der Waals surface area contributed by atoms with E-state index in [1.807, 2.05) is 31.2 Å². The van der Waals surface area contributed by atoms with E-state index >= 15 is 0 Å². The number of benzene rings is 1. The van der Waals surface area contributed by atoms with Crippen LogP contribution in [-0.4, -0.2) is 25.7 Å². The largest absolute Gasteiger partial charge is 0.383 e. The monoisotopic (exact) mass is 250 g/mol. The van der Waals surface area contributed by atoms with Crippen molar-refractivity contribution in [2.24, 2.45) is 0 Å². The summed E-state index contributed by atoms with van der Waals surface area (Å²) in [6.07, 6.45) is 1.49. The van der Waals surface area contributed by atoms with E-state index in [1.165, 1.54) is 0 Å². The summed E-state index contributed by atoms with van der Waals surface area (Å²) in [5.41, 5.74) is 1.86. The first-order valence-corrected chi connectivity index (χ1v) is 6.35. The van der Waals surface area contributed by atoms with Crippen molar-refractivity contribution in [1.82, 2.24) is 0 Å². The van der Waals surface area contributed by atoms with Crippen molar-refractivity contribution in [3.05, 3.63) is 24.3 Å². The molecule has 0 aliphatic rings. The van der Waals surface area contributed by atoms with Crippen molar-refractivity contribution in [2.45, 2.75) is 32.7 Å². The SMILES string of the molecule is CCC(=O)Nc1ccc(NC(CC)COC)cc1. The minimum absolute atomic E-state index is 0.0292. The molecule has 0 aliphatic heterocycles.